The summed E-state index contributed by atoms with van der Waals surface area (Å²) in [6.07, 6.45) is 13.6. The molecule has 0 saturated heterocycles. The van der Waals surface area contributed by atoms with Crippen LogP contribution in [-0.2, 0) is 27.2 Å². The van der Waals surface area contributed by atoms with Crippen molar-refractivity contribution >= 4 is 12.4 Å². The molecule has 3 rings (SSSR count). The Morgan fingerprint density at radius 3 is 1.97 bits per heavy atom. The van der Waals surface area contributed by atoms with Crippen LogP contribution in [0.5, 0.6) is 5.75 Å². The van der Waals surface area contributed by atoms with Gasteiger partial charge in [0.05, 0.1) is 5.41 Å². The summed E-state index contributed by atoms with van der Waals surface area (Å²) in [5, 5.41) is 19.3. The van der Waals surface area contributed by atoms with E-state index in [9.17, 15) is 19.8 Å². The van der Waals surface area contributed by atoms with Crippen LogP contribution < -0.4 is 0 Å². The van der Waals surface area contributed by atoms with E-state index >= 15 is 0 Å². The summed E-state index contributed by atoms with van der Waals surface area (Å²) in [6.45, 7) is 0.581. The molecule has 0 aromatic heterocycles. The number of carboxylic acid groups (broad SMARTS) is 1. The van der Waals surface area contributed by atoms with Gasteiger partial charge < -0.3 is 14.9 Å². The van der Waals surface area contributed by atoms with E-state index in [1.54, 1.807) is 0 Å². The second-order valence-corrected chi connectivity index (χ2v) is 9.11. The summed E-state index contributed by atoms with van der Waals surface area (Å²) in [7, 11) is 0. The lowest BCUT2D eigenvalue weighted by Gasteiger charge is -2.12. The largest absolute Gasteiger partial charge is 0.508 e. The van der Waals surface area contributed by atoms with Crippen molar-refractivity contribution in [3.05, 3.63) is 29.3 Å². The lowest BCUT2D eigenvalue weighted by atomic mass is 9.96. The van der Waals surface area contributed by atoms with Crippen LogP contribution in [0.25, 0.3) is 0 Å². The fourth-order valence-electron chi connectivity index (χ4n) is 4.34. The SMILES string of the molecule is O=COC1(CCCCCc2cc(O)cc(CCCCCC3(C(=O)O)CC3)c2)CC1. The highest BCUT2D eigenvalue weighted by Gasteiger charge is 2.49. The molecule has 0 aliphatic heterocycles. The van der Waals surface area contributed by atoms with Gasteiger partial charge in [0.15, 0.2) is 0 Å². The summed E-state index contributed by atoms with van der Waals surface area (Å²) in [4.78, 5) is 21.7. The van der Waals surface area contributed by atoms with Crippen LogP contribution in [0.2, 0.25) is 0 Å². The van der Waals surface area contributed by atoms with Gasteiger partial charge in [0, 0.05) is 0 Å². The second-order valence-electron chi connectivity index (χ2n) is 9.11. The predicted molar refractivity (Wildman–Crippen MR) is 111 cm³/mol. The summed E-state index contributed by atoms with van der Waals surface area (Å²) in [5.41, 5.74) is 1.78. The number of carbonyl (C=O) groups is 2. The maximum Gasteiger partial charge on any atom is 0.309 e. The van der Waals surface area contributed by atoms with E-state index in [0.717, 1.165) is 95.5 Å². The molecule has 0 atom stereocenters. The molecule has 5 heteroatoms. The Bertz CT molecular complexity index is 703. The monoisotopic (exact) mass is 402 g/mol. The first-order valence-electron chi connectivity index (χ1n) is 11.1. The Morgan fingerprint density at radius 2 is 1.48 bits per heavy atom. The molecule has 160 valence electrons. The molecule has 2 aliphatic rings. The molecule has 2 N–H and O–H groups in total. The zero-order valence-electron chi connectivity index (χ0n) is 17.3. The summed E-state index contributed by atoms with van der Waals surface area (Å²) in [6, 6.07) is 5.89. The minimum absolute atomic E-state index is 0.149. The first-order valence-corrected chi connectivity index (χ1v) is 11.1. The number of aliphatic carboxylic acids is 1. The van der Waals surface area contributed by atoms with Gasteiger partial charge in [-0.1, -0.05) is 25.3 Å². The number of rotatable bonds is 15. The number of aromatic hydroxyl groups is 1. The summed E-state index contributed by atoms with van der Waals surface area (Å²) in [5.74, 6) is -0.296. The first kappa shape index (κ1) is 21.7. The fourth-order valence-corrected chi connectivity index (χ4v) is 4.34. The van der Waals surface area contributed by atoms with Gasteiger partial charge in [-0.2, -0.15) is 0 Å². The van der Waals surface area contributed by atoms with Gasteiger partial charge >= 0.3 is 5.97 Å². The Balaban J connectivity index is 1.32. The van der Waals surface area contributed by atoms with Crippen molar-refractivity contribution < 1.29 is 24.5 Å². The lowest BCUT2D eigenvalue weighted by molar-refractivity contribution is -0.143. The molecule has 0 radical (unpaired) electrons. The van der Waals surface area contributed by atoms with Gasteiger partial charge in [0.1, 0.15) is 11.4 Å². The van der Waals surface area contributed by atoms with Crippen LogP contribution in [0.3, 0.4) is 0 Å². The van der Waals surface area contributed by atoms with E-state index in [2.05, 4.69) is 6.07 Å². The maximum atomic E-state index is 11.2. The van der Waals surface area contributed by atoms with Gasteiger partial charge in [0.25, 0.3) is 6.47 Å². The molecule has 0 heterocycles. The normalized spacial score (nSPS) is 18.2. The van der Waals surface area contributed by atoms with E-state index in [0.29, 0.717) is 12.2 Å². The Kier molecular flexibility index (Phi) is 7.20. The summed E-state index contributed by atoms with van der Waals surface area (Å²) < 4.78 is 5.18. The number of hydrogen-bond donors (Lipinski definition) is 2. The number of hydrogen-bond acceptors (Lipinski definition) is 4. The average molecular weight is 403 g/mol. The number of phenolic OH excluding ortho intramolecular Hbond substituents is 1. The molecule has 0 spiro atoms. The quantitative estimate of drug-likeness (QED) is 0.312. The van der Waals surface area contributed by atoms with Gasteiger partial charge in [-0.15, -0.1) is 0 Å². The van der Waals surface area contributed by atoms with Crippen molar-refractivity contribution in [1.82, 2.24) is 0 Å². The standard InChI is InChI=1S/C24H34O5/c25-18-29-24(13-14-24)10-6-2-4-8-20-15-19(16-21(26)17-20)7-3-1-5-9-23(11-12-23)22(27)28/h15-18,26H,1-14H2,(H,27,28). The van der Waals surface area contributed by atoms with Crippen LogP contribution >= 0.6 is 0 Å². The molecule has 2 saturated carbocycles. The van der Waals surface area contributed by atoms with Crippen molar-refractivity contribution in [2.75, 3.05) is 0 Å². The third kappa shape index (κ3) is 6.48. The second kappa shape index (κ2) is 9.64. The third-order valence-electron chi connectivity index (χ3n) is 6.67. The van der Waals surface area contributed by atoms with Crippen LogP contribution in [0.4, 0.5) is 0 Å². The molecule has 29 heavy (non-hydrogen) atoms. The highest BCUT2D eigenvalue weighted by atomic mass is 16.5. The lowest BCUT2D eigenvalue weighted by Crippen LogP contribution is -2.14. The van der Waals surface area contributed by atoms with Crippen LogP contribution in [0.1, 0.15) is 88.2 Å². The number of aryl methyl sites for hydroxylation is 2. The maximum absolute atomic E-state index is 11.2. The molecule has 1 aromatic rings. The molecule has 0 amide bonds. The Hall–Kier alpha value is -2.04. The van der Waals surface area contributed by atoms with Gasteiger partial charge in [-0.25, -0.2) is 0 Å². The first-order chi connectivity index (χ1) is 14.0. The molecule has 0 bridgehead atoms. The Labute approximate surface area is 173 Å². The van der Waals surface area contributed by atoms with Crippen molar-refractivity contribution in [2.24, 2.45) is 5.41 Å². The van der Waals surface area contributed by atoms with E-state index in [1.807, 2.05) is 12.1 Å². The zero-order valence-corrected chi connectivity index (χ0v) is 17.3. The Morgan fingerprint density at radius 1 is 0.897 bits per heavy atom. The molecule has 0 unspecified atom stereocenters. The van der Waals surface area contributed by atoms with Gasteiger partial charge in [-0.3, -0.25) is 9.59 Å². The van der Waals surface area contributed by atoms with Crippen molar-refractivity contribution in [1.29, 1.82) is 0 Å². The number of unbranched alkanes of at least 4 members (excludes halogenated alkanes) is 4. The topological polar surface area (TPSA) is 83.8 Å². The minimum atomic E-state index is -0.626. The van der Waals surface area contributed by atoms with Crippen molar-refractivity contribution in [3.8, 4) is 5.75 Å². The number of benzene rings is 1. The molecule has 1 aromatic carbocycles. The molecule has 5 nitrogen and oxygen atoms in total. The number of phenols is 1. The van der Waals surface area contributed by atoms with Crippen LogP contribution in [0.15, 0.2) is 18.2 Å². The van der Waals surface area contributed by atoms with Crippen LogP contribution in [-0.4, -0.2) is 28.3 Å². The molecule has 2 fully saturated rings. The van der Waals surface area contributed by atoms with E-state index in [1.165, 1.54) is 5.56 Å². The number of carboxylic acids is 1. The number of carbonyl (C=O) groups excluding carboxylic acids is 1. The van der Waals surface area contributed by atoms with E-state index < -0.39 is 11.4 Å². The third-order valence-corrected chi connectivity index (χ3v) is 6.67. The highest BCUT2D eigenvalue weighted by molar-refractivity contribution is 5.77. The summed E-state index contributed by atoms with van der Waals surface area (Å²) >= 11 is 0. The van der Waals surface area contributed by atoms with E-state index in [4.69, 9.17) is 4.74 Å². The predicted octanol–water partition coefficient (Wildman–Crippen LogP) is 5.17. The molecular weight excluding hydrogens is 368 g/mol. The van der Waals surface area contributed by atoms with Gasteiger partial charge in [-0.05, 0) is 93.9 Å². The van der Waals surface area contributed by atoms with E-state index in [-0.39, 0.29) is 5.60 Å². The minimum Gasteiger partial charge on any atom is -0.508 e. The van der Waals surface area contributed by atoms with Crippen molar-refractivity contribution in [2.45, 2.75) is 95.5 Å². The molecular formula is C24H34O5. The number of ether oxygens (including phenoxy) is 1. The van der Waals surface area contributed by atoms with Gasteiger partial charge in [0.2, 0.25) is 0 Å². The fraction of sp³-hybridized carbons (Fsp3) is 0.667. The van der Waals surface area contributed by atoms with Crippen molar-refractivity contribution in [3.63, 3.8) is 0 Å². The zero-order chi connectivity index (χ0) is 20.7. The molecule has 2 aliphatic carbocycles. The smallest absolute Gasteiger partial charge is 0.309 e. The van der Waals surface area contributed by atoms with Crippen LogP contribution in [0, 0.1) is 5.41 Å². The average Bonchev–Trinajstić information content (AvgIpc) is 3.58. The highest BCUT2D eigenvalue weighted by Crippen LogP contribution is 2.50.